The number of carbonyl (C=O) groups is 3. The smallest absolute Gasteiger partial charge is 0.294 e. The second-order valence-electron chi connectivity index (χ2n) is 7.81. The first-order valence-corrected chi connectivity index (χ1v) is 12.9. The molecule has 3 amide bonds. The number of rotatable bonds is 7. The SMILES string of the molecule is COc1cc(/C=C2/SC(=O)N(CC(=O)N3CCCC3)C2=O)cc(Cl)c1OCc1ccc(I)cc1. The lowest BCUT2D eigenvalue weighted by Crippen LogP contribution is -2.40. The number of methoxy groups -OCH3 is 1. The molecule has 2 heterocycles. The lowest BCUT2D eigenvalue weighted by atomic mass is 10.1. The Labute approximate surface area is 220 Å². The summed E-state index contributed by atoms with van der Waals surface area (Å²) >= 11 is 9.51. The summed E-state index contributed by atoms with van der Waals surface area (Å²) in [6, 6.07) is 11.3. The Balaban J connectivity index is 1.49. The topological polar surface area (TPSA) is 76.2 Å². The molecule has 2 aliphatic heterocycles. The van der Waals surface area contributed by atoms with Crippen LogP contribution in [0.5, 0.6) is 11.5 Å². The summed E-state index contributed by atoms with van der Waals surface area (Å²) in [5.41, 5.74) is 1.57. The fourth-order valence-corrected chi connectivity index (χ4v) is 5.16. The van der Waals surface area contributed by atoms with Gasteiger partial charge in [-0.2, -0.15) is 0 Å². The first-order chi connectivity index (χ1) is 16.4. The summed E-state index contributed by atoms with van der Waals surface area (Å²) in [5.74, 6) is 0.106. The molecule has 0 N–H and O–H groups in total. The standard InChI is InChI=1S/C24H22ClIN2O5S/c1-32-19-11-16(10-18(25)22(19)33-14-15-4-6-17(26)7-5-15)12-20-23(30)28(24(31)34-20)13-21(29)27-8-2-3-9-27/h4-7,10-12H,2-3,8-9,13-14H2,1H3/b20-12+. The van der Waals surface area contributed by atoms with Crippen LogP contribution in [-0.2, 0) is 16.2 Å². The lowest BCUT2D eigenvalue weighted by molar-refractivity contribution is -0.135. The Bertz CT molecular complexity index is 1150. The molecule has 10 heteroatoms. The Morgan fingerprint density at radius 3 is 2.56 bits per heavy atom. The van der Waals surface area contributed by atoms with E-state index in [0.717, 1.165) is 38.6 Å². The van der Waals surface area contributed by atoms with E-state index >= 15 is 0 Å². The van der Waals surface area contributed by atoms with Gasteiger partial charge in [0.25, 0.3) is 11.1 Å². The highest BCUT2D eigenvalue weighted by Gasteiger charge is 2.37. The van der Waals surface area contributed by atoms with E-state index in [2.05, 4.69) is 22.6 Å². The average Bonchev–Trinajstić information content (AvgIpc) is 3.44. The Kier molecular flexibility index (Phi) is 8.05. The van der Waals surface area contributed by atoms with Crippen molar-refractivity contribution in [3.63, 3.8) is 0 Å². The highest BCUT2D eigenvalue weighted by Crippen LogP contribution is 2.39. The van der Waals surface area contributed by atoms with Crippen LogP contribution < -0.4 is 9.47 Å². The average molecular weight is 613 g/mol. The molecule has 2 aromatic carbocycles. The molecule has 7 nitrogen and oxygen atoms in total. The van der Waals surface area contributed by atoms with E-state index in [9.17, 15) is 14.4 Å². The molecule has 2 saturated heterocycles. The van der Waals surface area contributed by atoms with Crippen LogP contribution >= 0.6 is 46.0 Å². The van der Waals surface area contributed by atoms with Crippen molar-refractivity contribution < 1.29 is 23.9 Å². The van der Waals surface area contributed by atoms with Crippen LogP contribution in [0.15, 0.2) is 41.3 Å². The summed E-state index contributed by atoms with van der Waals surface area (Å²) < 4.78 is 12.5. The minimum atomic E-state index is -0.489. The van der Waals surface area contributed by atoms with E-state index in [1.54, 1.807) is 23.1 Å². The van der Waals surface area contributed by atoms with E-state index in [0.29, 0.717) is 41.8 Å². The van der Waals surface area contributed by atoms with Crippen LogP contribution in [0.2, 0.25) is 5.02 Å². The molecule has 0 radical (unpaired) electrons. The molecular weight excluding hydrogens is 591 g/mol. The van der Waals surface area contributed by atoms with Crippen LogP contribution in [0.1, 0.15) is 24.0 Å². The summed E-state index contributed by atoms with van der Waals surface area (Å²) in [6.45, 7) is 1.41. The zero-order chi connectivity index (χ0) is 24.2. The van der Waals surface area contributed by atoms with Gasteiger partial charge < -0.3 is 14.4 Å². The number of amides is 3. The van der Waals surface area contributed by atoms with Crippen molar-refractivity contribution in [2.45, 2.75) is 19.4 Å². The number of hydrogen-bond donors (Lipinski definition) is 0. The van der Waals surface area contributed by atoms with Crippen LogP contribution in [0, 0.1) is 3.57 Å². The largest absolute Gasteiger partial charge is 0.493 e. The van der Waals surface area contributed by atoms with Gasteiger partial charge in [-0.15, -0.1) is 0 Å². The maximum atomic E-state index is 12.8. The number of ether oxygens (including phenoxy) is 2. The number of benzene rings is 2. The first-order valence-electron chi connectivity index (χ1n) is 10.6. The fraction of sp³-hybridized carbons (Fsp3) is 0.292. The van der Waals surface area contributed by atoms with Gasteiger partial charge in [-0.05, 0) is 88.7 Å². The molecule has 2 fully saturated rings. The second-order valence-corrected chi connectivity index (χ2v) is 10.5. The van der Waals surface area contributed by atoms with Crippen LogP contribution in [-0.4, -0.2) is 53.6 Å². The van der Waals surface area contributed by atoms with Crippen molar-refractivity contribution in [1.82, 2.24) is 9.80 Å². The van der Waals surface area contributed by atoms with Crippen molar-refractivity contribution in [2.24, 2.45) is 0 Å². The van der Waals surface area contributed by atoms with Crippen LogP contribution in [0.3, 0.4) is 0 Å². The summed E-state index contributed by atoms with van der Waals surface area (Å²) in [6.07, 6.45) is 3.46. The van der Waals surface area contributed by atoms with Gasteiger partial charge in [0.2, 0.25) is 5.91 Å². The highest BCUT2D eigenvalue weighted by molar-refractivity contribution is 14.1. The molecule has 0 aromatic heterocycles. The number of halogens is 2. The molecule has 0 spiro atoms. The van der Waals surface area contributed by atoms with Crippen molar-refractivity contribution in [1.29, 1.82) is 0 Å². The summed E-state index contributed by atoms with van der Waals surface area (Å²) in [7, 11) is 1.50. The quantitative estimate of drug-likeness (QED) is 0.317. The summed E-state index contributed by atoms with van der Waals surface area (Å²) in [5, 5.41) is -0.140. The third-order valence-electron chi connectivity index (χ3n) is 5.47. The van der Waals surface area contributed by atoms with Gasteiger partial charge in [-0.25, -0.2) is 0 Å². The maximum Gasteiger partial charge on any atom is 0.294 e. The molecule has 0 aliphatic carbocycles. The monoisotopic (exact) mass is 612 g/mol. The lowest BCUT2D eigenvalue weighted by Gasteiger charge is -2.18. The second kappa shape index (κ2) is 11.0. The Hall–Kier alpha value is -2.24. The third-order valence-corrected chi connectivity index (χ3v) is 7.38. The van der Waals surface area contributed by atoms with E-state index in [-0.39, 0.29) is 17.4 Å². The van der Waals surface area contributed by atoms with Gasteiger partial charge in [-0.1, -0.05) is 23.7 Å². The van der Waals surface area contributed by atoms with Crippen molar-refractivity contribution in [3.05, 3.63) is 61.0 Å². The molecule has 4 rings (SSSR count). The highest BCUT2D eigenvalue weighted by atomic mass is 127. The number of thioether (sulfide) groups is 1. The van der Waals surface area contributed by atoms with E-state index in [4.69, 9.17) is 21.1 Å². The molecule has 0 unspecified atom stereocenters. The van der Waals surface area contributed by atoms with Crippen molar-refractivity contribution in [3.8, 4) is 11.5 Å². The van der Waals surface area contributed by atoms with E-state index in [1.807, 2.05) is 24.3 Å². The minimum absolute atomic E-state index is 0.208. The predicted molar refractivity (Wildman–Crippen MR) is 140 cm³/mol. The zero-order valence-corrected chi connectivity index (χ0v) is 22.1. The molecule has 2 aromatic rings. The Morgan fingerprint density at radius 1 is 1.18 bits per heavy atom. The predicted octanol–water partition coefficient (Wildman–Crippen LogP) is 5.19. The number of nitrogens with zero attached hydrogens (tertiary/aromatic N) is 2. The third kappa shape index (κ3) is 5.69. The van der Waals surface area contributed by atoms with Gasteiger partial charge in [0, 0.05) is 16.7 Å². The van der Waals surface area contributed by atoms with Gasteiger partial charge >= 0.3 is 0 Å². The van der Waals surface area contributed by atoms with Crippen molar-refractivity contribution in [2.75, 3.05) is 26.7 Å². The first kappa shape index (κ1) is 24.9. The van der Waals surface area contributed by atoms with Crippen LogP contribution in [0.4, 0.5) is 4.79 Å². The van der Waals surface area contributed by atoms with Gasteiger partial charge in [0.1, 0.15) is 13.2 Å². The van der Waals surface area contributed by atoms with Gasteiger partial charge in [-0.3, -0.25) is 19.3 Å². The molecule has 34 heavy (non-hydrogen) atoms. The molecule has 0 bridgehead atoms. The Morgan fingerprint density at radius 2 is 1.88 bits per heavy atom. The number of imide groups is 1. The zero-order valence-electron chi connectivity index (χ0n) is 18.4. The molecule has 178 valence electrons. The molecule has 2 aliphatic rings. The fourth-order valence-electron chi connectivity index (χ4n) is 3.69. The van der Waals surface area contributed by atoms with Crippen molar-refractivity contribution >= 4 is 69.1 Å². The van der Waals surface area contributed by atoms with Gasteiger partial charge in [0.05, 0.1) is 17.0 Å². The van der Waals surface area contributed by atoms with E-state index < -0.39 is 11.1 Å². The van der Waals surface area contributed by atoms with Gasteiger partial charge in [0.15, 0.2) is 11.5 Å². The maximum absolute atomic E-state index is 12.8. The van der Waals surface area contributed by atoms with Crippen LogP contribution in [0.25, 0.3) is 6.08 Å². The molecular formula is C24H22ClIN2O5S. The minimum Gasteiger partial charge on any atom is -0.493 e. The number of likely N-dealkylation sites (tertiary alicyclic amines) is 1. The molecule has 0 atom stereocenters. The van der Waals surface area contributed by atoms with E-state index in [1.165, 1.54) is 7.11 Å². The number of hydrogen-bond acceptors (Lipinski definition) is 6. The normalized spacial score (nSPS) is 17.1. The number of carbonyl (C=O) groups excluding carboxylic acids is 3. The molecule has 0 saturated carbocycles. The summed E-state index contributed by atoms with van der Waals surface area (Å²) in [4.78, 5) is 40.5.